The minimum absolute atomic E-state index is 0.0650. The molecule has 1 N–H and O–H groups in total. The molecule has 8 heteroatoms. The van der Waals surface area contributed by atoms with Gasteiger partial charge < -0.3 is 15.1 Å². The maximum absolute atomic E-state index is 12.6. The van der Waals surface area contributed by atoms with Crippen molar-refractivity contribution in [3.8, 4) is 5.82 Å². The Balaban J connectivity index is 1.34. The molecule has 3 heterocycles. The van der Waals surface area contributed by atoms with E-state index in [0.29, 0.717) is 18.9 Å². The summed E-state index contributed by atoms with van der Waals surface area (Å²) in [5, 5.41) is 15.7. The number of nitrogens with zero attached hydrogens (tertiary/aromatic N) is 6. The van der Waals surface area contributed by atoms with Crippen molar-refractivity contribution in [2.24, 2.45) is 0 Å². The number of benzene rings is 1. The standard InChI is InChI=1S/C20H23N7O/c1-15-12-16(2)14-17(13-15)22-20(28)26-10-8-25(9-11-26)18-4-5-19(24-23-18)27-7-3-6-21-27/h3-7,12-14H,8-11H2,1-2H3,(H,22,28). The van der Waals surface area contributed by atoms with Gasteiger partial charge in [0.1, 0.15) is 0 Å². The van der Waals surface area contributed by atoms with E-state index < -0.39 is 0 Å². The second-order valence-corrected chi connectivity index (χ2v) is 6.98. The molecule has 0 unspecified atom stereocenters. The summed E-state index contributed by atoms with van der Waals surface area (Å²) in [6.07, 6.45) is 3.54. The summed E-state index contributed by atoms with van der Waals surface area (Å²) in [6, 6.07) is 11.7. The number of urea groups is 1. The average molecular weight is 377 g/mol. The molecule has 0 aliphatic carbocycles. The van der Waals surface area contributed by atoms with Crippen molar-refractivity contribution in [1.29, 1.82) is 0 Å². The molecule has 0 radical (unpaired) electrons. The zero-order chi connectivity index (χ0) is 19.5. The van der Waals surface area contributed by atoms with Gasteiger partial charge in [0.25, 0.3) is 0 Å². The van der Waals surface area contributed by atoms with E-state index in [1.165, 1.54) is 0 Å². The van der Waals surface area contributed by atoms with E-state index in [9.17, 15) is 4.79 Å². The SMILES string of the molecule is Cc1cc(C)cc(NC(=O)N2CCN(c3ccc(-n4cccn4)nn3)CC2)c1. The molecular weight excluding hydrogens is 354 g/mol. The fraction of sp³-hybridized carbons (Fsp3) is 0.300. The van der Waals surface area contributed by atoms with Crippen LogP contribution >= 0.6 is 0 Å². The summed E-state index contributed by atoms with van der Waals surface area (Å²) in [5.41, 5.74) is 3.11. The van der Waals surface area contributed by atoms with E-state index in [4.69, 9.17) is 0 Å². The third-order valence-corrected chi connectivity index (χ3v) is 4.74. The molecule has 2 aromatic heterocycles. The molecule has 8 nitrogen and oxygen atoms in total. The summed E-state index contributed by atoms with van der Waals surface area (Å²) in [5.74, 6) is 1.49. The van der Waals surface area contributed by atoms with Crippen molar-refractivity contribution in [2.75, 3.05) is 36.4 Å². The maximum atomic E-state index is 12.6. The van der Waals surface area contributed by atoms with E-state index in [0.717, 1.165) is 35.7 Å². The zero-order valence-corrected chi connectivity index (χ0v) is 16.0. The Morgan fingerprint density at radius 2 is 1.64 bits per heavy atom. The van der Waals surface area contributed by atoms with Crippen LogP contribution in [0.5, 0.6) is 0 Å². The van der Waals surface area contributed by atoms with Crippen molar-refractivity contribution in [3.63, 3.8) is 0 Å². The molecule has 2 amide bonds. The Bertz CT molecular complexity index is 925. The summed E-state index contributed by atoms with van der Waals surface area (Å²) in [4.78, 5) is 16.5. The molecule has 0 saturated carbocycles. The summed E-state index contributed by atoms with van der Waals surface area (Å²) in [6.45, 7) is 6.77. The highest BCUT2D eigenvalue weighted by atomic mass is 16.2. The molecule has 1 aliphatic heterocycles. The fourth-order valence-electron chi connectivity index (χ4n) is 3.40. The molecule has 1 saturated heterocycles. The lowest BCUT2D eigenvalue weighted by Gasteiger charge is -2.35. The first kappa shape index (κ1) is 18.0. The van der Waals surface area contributed by atoms with Gasteiger partial charge in [0.2, 0.25) is 0 Å². The predicted molar refractivity (Wildman–Crippen MR) is 108 cm³/mol. The van der Waals surface area contributed by atoms with Crippen molar-refractivity contribution in [1.82, 2.24) is 24.9 Å². The highest BCUT2D eigenvalue weighted by molar-refractivity contribution is 5.89. The van der Waals surface area contributed by atoms with Crippen LogP contribution in [0.3, 0.4) is 0 Å². The van der Waals surface area contributed by atoms with E-state index in [-0.39, 0.29) is 6.03 Å². The fourth-order valence-corrected chi connectivity index (χ4v) is 3.40. The third-order valence-electron chi connectivity index (χ3n) is 4.74. The van der Waals surface area contributed by atoms with Gasteiger partial charge in [0, 0.05) is 44.3 Å². The summed E-state index contributed by atoms with van der Waals surface area (Å²) < 4.78 is 1.67. The summed E-state index contributed by atoms with van der Waals surface area (Å²) >= 11 is 0. The smallest absolute Gasteiger partial charge is 0.321 e. The second kappa shape index (κ2) is 7.67. The van der Waals surface area contributed by atoms with Gasteiger partial charge in [-0.1, -0.05) is 6.07 Å². The van der Waals surface area contributed by atoms with E-state index in [2.05, 4.69) is 31.6 Å². The van der Waals surface area contributed by atoms with Gasteiger partial charge in [0.05, 0.1) is 0 Å². The molecule has 0 bridgehead atoms. The Kier molecular flexibility index (Phi) is 4.92. The number of anilines is 2. The molecule has 4 rings (SSSR count). The van der Waals surface area contributed by atoms with Gasteiger partial charge in [-0.15, -0.1) is 10.2 Å². The van der Waals surface area contributed by atoms with Crippen LogP contribution in [0.25, 0.3) is 5.82 Å². The third kappa shape index (κ3) is 3.95. The number of aromatic nitrogens is 4. The molecule has 3 aromatic rings. The number of rotatable bonds is 3. The number of aryl methyl sites for hydroxylation is 2. The van der Waals surface area contributed by atoms with Crippen molar-refractivity contribution < 1.29 is 4.79 Å². The van der Waals surface area contributed by atoms with Crippen LogP contribution in [-0.4, -0.2) is 57.1 Å². The molecule has 1 aromatic carbocycles. The van der Waals surface area contributed by atoms with E-state index >= 15 is 0 Å². The van der Waals surface area contributed by atoms with Crippen LogP contribution in [0.4, 0.5) is 16.3 Å². The van der Waals surface area contributed by atoms with Crippen LogP contribution in [0.1, 0.15) is 11.1 Å². The molecule has 144 valence electrons. The molecular formula is C20H23N7O. The van der Waals surface area contributed by atoms with Crippen LogP contribution < -0.4 is 10.2 Å². The number of carbonyl (C=O) groups is 1. The number of amides is 2. The first-order valence-corrected chi connectivity index (χ1v) is 9.31. The normalized spacial score (nSPS) is 14.2. The van der Waals surface area contributed by atoms with Gasteiger partial charge in [0.15, 0.2) is 11.6 Å². The quantitative estimate of drug-likeness (QED) is 0.759. The van der Waals surface area contributed by atoms with Crippen LogP contribution in [-0.2, 0) is 0 Å². The minimum atomic E-state index is -0.0650. The largest absolute Gasteiger partial charge is 0.352 e. The topological polar surface area (TPSA) is 79.2 Å². The number of hydrogen-bond donors (Lipinski definition) is 1. The lowest BCUT2D eigenvalue weighted by atomic mass is 10.1. The monoisotopic (exact) mass is 377 g/mol. The van der Waals surface area contributed by atoms with Crippen LogP contribution in [0.2, 0.25) is 0 Å². The zero-order valence-electron chi connectivity index (χ0n) is 16.0. The van der Waals surface area contributed by atoms with Gasteiger partial charge >= 0.3 is 6.03 Å². The molecule has 0 atom stereocenters. The van der Waals surface area contributed by atoms with Crippen molar-refractivity contribution in [3.05, 3.63) is 59.9 Å². The highest BCUT2D eigenvalue weighted by Crippen LogP contribution is 2.17. The highest BCUT2D eigenvalue weighted by Gasteiger charge is 2.22. The molecule has 0 spiro atoms. The van der Waals surface area contributed by atoms with Crippen LogP contribution in [0, 0.1) is 13.8 Å². The van der Waals surface area contributed by atoms with Gasteiger partial charge in [-0.3, -0.25) is 0 Å². The number of carbonyl (C=O) groups excluding carboxylic acids is 1. The minimum Gasteiger partial charge on any atom is -0.352 e. The van der Waals surface area contributed by atoms with Crippen molar-refractivity contribution >= 4 is 17.5 Å². The predicted octanol–water partition coefficient (Wildman–Crippen LogP) is 2.63. The molecule has 1 fully saturated rings. The first-order chi connectivity index (χ1) is 13.6. The Morgan fingerprint density at radius 3 is 2.25 bits per heavy atom. The Labute approximate surface area is 163 Å². The Morgan fingerprint density at radius 1 is 0.964 bits per heavy atom. The first-order valence-electron chi connectivity index (χ1n) is 9.31. The van der Waals surface area contributed by atoms with Gasteiger partial charge in [-0.05, 0) is 55.3 Å². The van der Waals surface area contributed by atoms with Crippen molar-refractivity contribution in [2.45, 2.75) is 13.8 Å². The molecule has 28 heavy (non-hydrogen) atoms. The van der Waals surface area contributed by atoms with Gasteiger partial charge in [-0.2, -0.15) is 5.10 Å². The van der Waals surface area contributed by atoms with Gasteiger partial charge in [-0.25, -0.2) is 9.48 Å². The average Bonchev–Trinajstić information content (AvgIpc) is 3.22. The lowest BCUT2D eigenvalue weighted by molar-refractivity contribution is 0.208. The lowest BCUT2D eigenvalue weighted by Crippen LogP contribution is -2.50. The number of nitrogens with one attached hydrogen (secondary N) is 1. The number of hydrogen-bond acceptors (Lipinski definition) is 5. The van der Waals surface area contributed by atoms with E-state index in [1.807, 2.05) is 55.3 Å². The number of piperazine rings is 1. The van der Waals surface area contributed by atoms with E-state index in [1.54, 1.807) is 10.9 Å². The second-order valence-electron chi connectivity index (χ2n) is 6.98. The molecule has 1 aliphatic rings. The summed E-state index contributed by atoms with van der Waals surface area (Å²) in [7, 11) is 0. The van der Waals surface area contributed by atoms with Crippen LogP contribution in [0.15, 0.2) is 48.8 Å². The maximum Gasteiger partial charge on any atom is 0.321 e. The Hall–Kier alpha value is -3.42.